The van der Waals surface area contributed by atoms with Crippen LogP contribution in [0, 0.1) is 5.92 Å². The zero-order chi connectivity index (χ0) is 15.1. The summed E-state index contributed by atoms with van der Waals surface area (Å²) in [5.41, 5.74) is 1.45. The molecule has 0 heterocycles. The van der Waals surface area contributed by atoms with E-state index in [0.717, 1.165) is 5.92 Å². The molecule has 0 spiro atoms. The Kier molecular flexibility index (Phi) is 6.25. The lowest BCUT2D eigenvalue weighted by atomic mass is 9.87. The number of unbranched alkanes of at least 4 members (excludes halogenated alkanes) is 1. The first-order valence-electron chi connectivity index (χ1n) is 8.45. The molecule has 0 aliphatic carbocycles. The monoisotopic (exact) mass is 283 g/mol. The largest absolute Gasteiger partial charge is 0.313 e. The van der Waals surface area contributed by atoms with Gasteiger partial charge in [-0.1, -0.05) is 82.0 Å². The van der Waals surface area contributed by atoms with Crippen LogP contribution in [0.15, 0.2) is 42.5 Å². The van der Waals surface area contributed by atoms with Gasteiger partial charge >= 0.3 is 0 Å². The molecule has 1 N–H and O–H groups in total. The van der Waals surface area contributed by atoms with Crippen molar-refractivity contribution >= 4 is 10.8 Å². The van der Waals surface area contributed by atoms with Crippen molar-refractivity contribution in [3.63, 3.8) is 0 Å². The van der Waals surface area contributed by atoms with E-state index in [-0.39, 0.29) is 0 Å². The van der Waals surface area contributed by atoms with E-state index in [1.807, 2.05) is 0 Å². The fraction of sp³-hybridized carbons (Fsp3) is 0.500. The van der Waals surface area contributed by atoms with Gasteiger partial charge in [-0.25, -0.2) is 0 Å². The Bertz CT molecular complexity index is 541. The van der Waals surface area contributed by atoms with Crippen molar-refractivity contribution < 1.29 is 0 Å². The zero-order valence-corrected chi connectivity index (χ0v) is 13.7. The summed E-state index contributed by atoms with van der Waals surface area (Å²) in [7, 11) is 2.10. The second-order valence-corrected chi connectivity index (χ2v) is 6.06. The molecule has 2 atom stereocenters. The molecular weight excluding hydrogens is 254 g/mol. The van der Waals surface area contributed by atoms with Gasteiger partial charge in [0, 0.05) is 6.04 Å². The van der Waals surface area contributed by atoms with E-state index < -0.39 is 0 Å². The van der Waals surface area contributed by atoms with E-state index in [2.05, 4.69) is 68.7 Å². The zero-order valence-electron chi connectivity index (χ0n) is 13.7. The number of fused-ring (bicyclic) bond motifs is 1. The molecule has 1 nitrogen and oxygen atoms in total. The maximum absolute atomic E-state index is 3.55. The topological polar surface area (TPSA) is 12.0 Å². The van der Waals surface area contributed by atoms with E-state index >= 15 is 0 Å². The van der Waals surface area contributed by atoms with Crippen molar-refractivity contribution in [2.24, 2.45) is 5.92 Å². The summed E-state index contributed by atoms with van der Waals surface area (Å²) in [5.74, 6) is 0.821. The van der Waals surface area contributed by atoms with Crippen LogP contribution < -0.4 is 5.32 Å². The Morgan fingerprint density at radius 1 is 1.00 bits per heavy atom. The third kappa shape index (κ3) is 4.07. The summed E-state index contributed by atoms with van der Waals surface area (Å²) < 4.78 is 0. The summed E-state index contributed by atoms with van der Waals surface area (Å²) in [4.78, 5) is 0. The van der Waals surface area contributed by atoms with Crippen LogP contribution in [0.3, 0.4) is 0 Å². The van der Waals surface area contributed by atoms with E-state index in [4.69, 9.17) is 0 Å². The fourth-order valence-electron chi connectivity index (χ4n) is 3.27. The van der Waals surface area contributed by atoms with Crippen LogP contribution in [0.1, 0.15) is 57.6 Å². The smallest absolute Gasteiger partial charge is 0.0326 e. The van der Waals surface area contributed by atoms with Crippen molar-refractivity contribution in [3.8, 4) is 0 Å². The molecule has 0 aliphatic rings. The van der Waals surface area contributed by atoms with Gasteiger partial charge in [0.2, 0.25) is 0 Å². The van der Waals surface area contributed by atoms with Gasteiger partial charge in [-0.3, -0.25) is 0 Å². The Labute approximate surface area is 129 Å². The first-order chi connectivity index (χ1) is 10.3. The van der Waals surface area contributed by atoms with Gasteiger partial charge in [-0.15, -0.1) is 0 Å². The lowest BCUT2D eigenvalue weighted by molar-refractivity contribution is 0.366. The minimum absolute atomic E-state index is 0.456. The van der Waals surface area contributed by atoms with Crippen LogP contribution in [0.5, 0.6) is 0 Å². The number of nitrogens with one attached hydrogen (secondary N) is 1. The number of rotatable bonds is 8. The van der Waals surface area contributed by atoms with Crippen LogP contribution >= 0.6 is 0 Å². The highest BCUT2D eigenvalue weighted by atomic mass is 14.9. The number of hydrogen-bond donors (Lipinski definition) is 1. The molecule has 114 valence electrons. The van der Waals surface area contributed by atoms with Crippen LogP contribution in [0.4, 0.5) is 0 Å². The molecule has 21 heavy (non-hydrogen) atoms. The molecule has 0 radical (unpaired) electrons. The maximum atomic E-state index is 3.55. The number of benzene rings is 2. The second-order valence-electron chi connectivity index (χ2n) is 6.06. The summed E-state index contributed by atoms with van der Waals surface area (Å²) in [5, 5.41) is 6.29. The van der Waals surface area contributed by atoms with Crippen molar-refractivity contribution in [2.45, 2.75) is 52.0 Å². The first-order valence-corrected chi connectivity index (χ1v) is 8.45. The second kappa shape index (κ2) is 8.19. The Morgan fingerprint density at radius 2 is 1.76 bits per heavy atom. The van der Waals surface area contributed by atoms with Gasteiger partial charge in [0.15, 0.2) is 0 Å². The van der Waals surface area contributed by atoms with Gasteiger partial charge in [0.1, 0.15) is 0 Å². The lowest BCUT2D eigenvalue weighted by Crippen LogP contribution is -2.20. The average Bonchev–Trinajstić information content (AvgIpc) is 2.55. The van der Waals surface area contributed by atoms with E-state index in [1.165, 1.54) is 48.4 Å². The van der Waals surface area contributed by atoms with Crippen molar-refractivity contribution in [1.29, 1.82) is 0 Å². The number of hydrogen-bond acceptors (Lipinski definition) is 1. The van der Waals surface area contributed by atoms with Crippen molar-refractivity contribution in [2.75, 3.05) is 7.05 Å². The molecule has 0 aliphatic heterocycles. The highest BCUT2D eigenvalue weighted by Crippen LogP contribution is 2.30. The molecule has 0 aromatic heterocycles. The molecule has 0 fully saturated rings. The van der Waals surface area contributed by atoms with Crippen molar-refractivity contribution in [1.82, 2.24) is 5.32 Å². The quantitative estimate of drug-likeness (QED) is 0.654. The molecular formula is C20H29N. The average molecular weight is 283 g/mol. The third-order valence-electron chi connectivity index (χ3n) is 4.66. The summed E-state index contributed by atoms with van der Waals surface area (Å²) >= 11 is 0. The predicted molar refractivity (Wildman–Crippen MR) is 93.7 cm³/mol. The molecule has 0 amide bonds. The van der Waals surface area contributed by atoms with E-state index in [1.54, 1.807) is 0 Å². The summed E-state index contributed by atoms with van der Waals surface area (Å²) in [6.45, 7) is 4.61. The SMILES string of the molecule is CCCCC(CC)CC(NC)c1cccc2ccccc12. The molecule has 2 aromatic carbocycles. The third-order valence-corrected chi connectivity index (χ3v) is 4.66. The summed E-state index contributed by atoms with van der Waals surface area (Å²) in [6, 6.07) is 15.9. The Hall–Kier alpha value is -1.34. The highest BCUT2D eigenvalue weighted by Gasteiger charge is 2.17. The van der Waals surface area contributed by atoms with Gasteiger partial charge < -0.3 is 5.32 Å². The first kappa shape index (κ1) is 16.0. The van der Waals surface area contributed by atoms with E-state index in [9.17, 15) is 0 Å². The van der Waals surface area contributed by atoms with Gasteiger partial charge in [-0.2, -0.15) is 0 Å². The fourth-order valence-corrected chi connectivity index (χ4v) is 3.27. The summed E-state index contributed by atoms with van der Waals surface area (Å²) in [6.07, 6.45) is 6.53. The minimum atomic E-state index is 0.456. The van der Waals surface area contributed by atoms with Crippen LogP contribution in [0.25, 0.3) is 10.8 Å². The molecule has 2 aromatic rings. The van der Waals surface area contributed by atoms with Crippen molar-refractivity contribution in [3.05, 3.63) is 48.0 Å². The standard InChI is InChI=1S/C20H29N/c1-4-6-10-16(5-2)15-20(21-3)19-14-9-12-17-11-7-8-13-18(17)19/h7-9,11-14,16,20-21H,4-6,10,15H2,1-3H3. The molecule has 1 heteroatoms. The molecule has 0 saturated heterocycles. The van der Waals surface area contributed by atoms with Gasteiger partial charge in [0.05, 0.1) is 0 Å². The van der Waals surface area contributed by atoms with Gasteiger partial charge in [-0.05, 0) is 35.7 Å². The highest BCUT2D eigenvalue weighted by molar-refractivity contribution is 5.86. The minimum Gasteiger partial charge on any atom is -0.313 e. The van der Waals surface area contributed by atoms with Crippen LogP contribution in [-0.4, -0.2) is 7.05 Å². The molecule has 0 saturated carbocycles. The van der Waals surface area contributed by atoms with Crippen LogP contribution in [-0.2, 0) is 0 Å². The van der Waals surface area contributed by atoms with Gasteiger partial charge in [0.25, 0.3) is 0 Å². The van der Waals surface area contributed by atoms with Crippen LogP contribution in [0.2, 0.25) is 0 Å². The molecule has 0 bridgehead atoms. The maximum Gasteiger partial charge on any atom is 0.0326 e. The normalized spacial score (nSPS) is 14.2. The lowest BCUT2D eigenvalue weighted by Gasteiger charge is -2.24. The Morgan fingerprint density at radius 3 is 2.48 bits per heavy atom. The van der Waals surface area contributed by atoms with E-state index in [0.29, 0.717) is 6.04 Å². The molecule has 2 unspecified atom stereocenters. The predicted octanol–water partition coefficient (Wildman–Crippen LogP) is 5.71. The molecule has 2 rings (SSSR count). The Balaban J connectivity index is 2.22.